The van der Waals surface area contributed by atoms with Crippen molar-refractivity contribution in [1.29, 1.82) is 0 Å². The van der Waals surface area contributed by atoms with Gasteiger partial charge in [-0.1, -0.05) is 29.8 Å². The molecule has 0 saturated carbocycles. The standard InChI is InChI=1S/C15H11ClO4/c1-8-5-6-11(14(17)18)13(12(8)15(19)20)9-3-2-4-10(16)7-9/h2-7H,1H3,(H,17,18)(H,19,20). The number of rotatable bonds is 3. The number of carbonyl (C=O) groups is 2. The highest BCUT2D eigenvalue weighted by Crippen LogP contribution is 2.31. The molecule has 0 amide bonds. The van der Waals surface area contributed by atoms with E-state index in [4.69, 9.17) is 11.6 Å². The summed E-state index contributed by atoms with van der Waals surface area (Å²) in [6, 6.07) is 9.37. The molecule has 0 heterocycles. The average molecular weight is 291 g/mol. The molecule has 5 heteroatoms. The Kier molecular flexibility index (Phi) is 3.77. The van der Waals surface area contributed by atoms with Crippen LogP contribution in [0.15, 0.2) is 36.4 Å². The maximum absolute atomic E-state index is 11.4. The minimum Gasteiger partial charge on any atom is -0.478 e. The van der Waals surface area contributed by atoms with Crippen molar-refractivity contribution >= 4 is 23.5 Å². The van der Waals surface area contributed by atoms with Crippen molar-refractivity contribution in [3.8, 4) is 11.1 Å². The molecule has 2 rings (SSSR count). The first kappa shape index (κ1) is 14.1. The van der Waals surface area contributed by atoms with E-state index in [0.29, 0.717) is 16.1 Å². The third-order valence-corrected chi connectivity index (χ3v) is 3.21. The average Bonchev–Trinajstić information content (AvgIpc) is 2.37. The van der Waals surface area contributed by atoms with E-state index in [1.807, 2.05) is 0 Å². The Bertz CT molecular complexity index is 707. The lowest BCUT2D eigenvalue weighted by Crippen LogP contribution is -2.09. The minimum atomic E-state index is -1.18. The summed E-state index contributed by atoms with van der Waals surface area (Å²) in [4.78, 5) is 22.8. The van der Waals surface area contributed by atoms with Crippen LogP contribution in [0.2, 0.25) is 5.02 Å². The maximum atomic E-state index is 11.4. The van der Waals surface area contributed by atoms with Gasteiger partial charge >= 0.3 is 11.9 Å². The minimum absolute atomic E-state index is 0.0211. The second-order valence-electron chi connectivity index (χ2n) is 4.30. The molecule has 0 radical (unpaired) electrons. The Morgan fingerprint density at radius 1 is 1.05 bits per heavy atom. The first-order chi connectivity index (χ1) is 9.41. The molecule has 20 heavy (non-hydrogen) atoms. The van der Waals surface area contributed by atoms with Crippen molar-refractivity contribution in [2.75, 3.05) is 0 Å². The van der Waals surface area contributed by atoms with Gasteiger partial charge in [-0.2, -0.15) is 0 Å². The van der Waals surface area contributed by atoms with Crippen LogP contribution in [-0.2, 0) is 0 Å². The third kappa shape index (κ3) is 2.51. The van der Waals surface area contributed by atoms with E-state index in [0.717, 1.165) is 0 Å². The van der Waals surface area contributed by atoms with Crippen LogP contribution in [0.1, 0.15) is 26.3 Å². The first-order valence-corrected chi connectivity index (χ1v) is 6.15. The molecule has 0 spiro atoms. The summed E-state index contributed by atoms with van der Waals surface area (Å²) in [5, 5.41) is 19.0. The predicted molar refractivity (Wildman–Crippen MR) is 75.5 cm³/mol. The van der Waals surface area contributed by atoms with Gasteiger partial charge in [0.2, 0.25) is 0 Å². The van der Waals surface area contributed by atoms with Crippen LogP contribution < -0.4 is 0 Å². The predicted octanol–water partition coefficient (Wildman–Crippen LogP) is 3.71. The lowest BCUT2D eigenvalue weighted by Gasteiger charge is -2.13. The van der Waals surface area contributed by atoms with E-state index in [-0.39, 0.29) is 16.7 Å². The van der Waals surface area contributed by atoms with Gasteiger partial charge in [0.25, 0.3) is 0 Å². The molecule has 102 valence electrons. The molecular weight excluding hydrogens is 280 g/mol. The molecule has 0 aliphatic heterocycles. The van der Waals surface area contributed by atoms with Gasteiger partial charge < -0.3 is 10.2 Å². The zero-order valence-corrected chi connectivity index (χ0v) is 11.3. The van der Waals surface area contributed by atoms with Crippen molar-refractivity contribution in [1.82, 2.24) is 0 Å². The number of benzene rings is 2. The number of aryl methyl sites for hydroxylation is 1. The summed E-state index contributed by atoms with van der Waals surface area (Å²) in [6.45, 7) is 1.63. The van der Waals surface area contributed by atoms with Gasteiger partial charge in [0.1, 0.15) is 0 Å². The van der Waals surface area contributed by atoms with Gasteiger partial charge in [-0.05, 0) is 36.2 Å². The van der Waals surface area contributed by atoms with Crippen molar-refractivity contribution in [3.63, 3.8) is 0 Å². The normalized spacial score (nSPS) is 10.3. The number of hydrogen-bond acceptors (Lipinski definition) is 2. The lowest BCUT2D eigenvalue weighted by molar-refractivity contribution is 0.0695. The molecule has 0 saturated heterocycles. The molecule has 2 aromatic carbocycles. The van der Waals surface area contributed by atoms with Gasteiger partial charge in [0.05, 0.1) is 11.1 Å². The van der Waals surface area contributed by atoms with Gasteiger partial charge in [0, 0.05) is 10.6 Å². The number of carboxylic acid groups (broad SMARTS) is 2. The molecule has 0 unspecified atom stereocenters. The number of halogens is 1. The van der Waals surface area contributed by atoms with Crippen molar-refractivity contribution < 1.29 is 19.8 Å². The van der Waals surface area contributed by atoms with E-state index in [2.05, 4.69) is 0 Å². The number of hydrogen-bond donors (Lipinski definition) is 2. The highest BCUT2D eigenvalue weighted by Gasteiger charge is 2.22. The molecule has 0 aliphatic rings. The fourth-order valence-corrected chi connectivity index (χ4v) is 2.29. The van der Waals surface area contributed by atoms with Crippen molar-refractivity contribution in [2.45, 2.75) is 6.92 Å². The molecule has 0 aromatic heterocycles. The van der Waals surface area contributed by atoms with Gasteiger partial charge in [-0.25, -0.2) is 9.59 Å². The fraction of sp³-hybridized carbons (Fsp3) is 0.0667. The smallest absolute Gasteiger partial charge is 0.336 e. The third-order valence-electron chi connectivity index (χ3n) is 2.97. The molecule has 0 fully saturated rings. The van der Waals surface area contributed by atoms with Crippen LogP contribution in [-0.4, -0.2) is 22.2 Å². The topological polar surface area (TPSA) is 74.6 Å². The summed E-state index contributed by atoms with van der Waals surface area (Å²) in [5.41, 5.74) is 1.06. The highest BCUT2D eigenvalue weighted by molar-refractivity contribution is 6.31. The van der Waals surface area contributed by atoms with Crippen LogP contribution in [0.3, 0.4) is 0 Å². The number of carboxylic acids is 2. The van der Waals surface area contributed by atoms with Crippen LogP contribution in [0, 0.1) is 6.92 Å². The SMILES string of the molecule is Cc1ccc(C(=O)O)c(-c2cccc(Cl)c2)c1C(=O)O. The molecule has 0 bridgehead atoms. The van der Waals surface area contributed by atoms with Crippen molar-refractivity contribution in [2.24, 2.45) is 0 Å². The van der Waals surface area contributed by atoms with Crippen LogP contribution in [0.5, 0.6) is 0 Å². The Labute approximate surface area is 120 Å². The molecule has 2 N–H and O–H groups in total. The Morgan fingerprint density at radius 3 is 2.30 bits per heavy atom. The fourth-order valence-electron chi connectivity index (χ4n) is 2.10. The first-order valence-electron chi connectivity index (χ1n) is 5.78. The zero-order chi connectivity index (χ0) is 14.9. The van der Waals surface area contributed by atoms with E-state index in [1.54, 1.807) is 31.2 Å². The van der Waals surface area contributed by atoms with E-state index >= 15 is 0 Å². The number of aromatic carboxylic acids is 2. The van der Waals surface area contributed by atoms with Gasteiger partial charge in [-0.3, -0.25) is 0 Å². The molecule has 0 aliphatic carbocycles. The highest BCUT2D eigenvalue weighted by atomic mass is 35.5. The molecular formula is C15H11ClO4. The van der Waals surface area contributed by atoms with Crippen LogP contribution in [0.4, 0.5) is 0 Å². The van der Waals surface area contributed by atoms with Crippen molar-refractivity contribution in [3.05, 3.63) is 58.1 Å². The Hall–Kier alpha value is -2.33. The van der Waals surface area contributed by atoms with Crippen LogP contribution in [0.25, 0.3) is 11.1 Å². The van der Waals surface area contributed by atoms with Crippen LogP contribution >= 0.6 is 11.6 Å². The molecule has 4 nitrogen and oxygen atoms in total. The largest absolute Gasteiger partial charge is 0.478 e. The maximum Gasteiger partial charge on any atom is 0.336 e. The Balaban J connectivity index is 2.87. The summed E-state index contributed by atoms with van der Waals surface area (Å²) in [6.07, 6.45) is 0. The summed E-state index contributed by atoms with van der Waals surface area (Å²) < 4.78 is 0. The second kappa shape index (κ2) is 5.35. The summed E-state index contributed by atoms with van der Waals surface area (Å²) >= 11 is 5.90. The monoisotopic (exact) mass is 290 g/mol. The molecule has 2 aromatic rings. The van der Waals surface area contributed by atoms with E-state index in [9.17, 15) is 19.8 Å². The summed E-state index contributed by atoms with van der Waals surface area (Å²) in [5.74, 6) is -2.34. The molecule has 0 atom stereocenters. The van der Waals surface area contributed by atoms with Gasteiger partial charge in [-0.15, -0.1) is 0 Å². The second-order valence-corrected chi connectivity index (χ2v) is 4.74. The van der Waals surface area contributed by atoms with E-state index in [1.165, 1.54) is 12.1 Å². The Morgan fingerprint density at radius 2 is 1.75 bits per heavy atom. The summed E-state index contributed by atoms with van der Waals surface area (Å²) in [7, 11) is 0. The quantitative estimate of drug-likeness (QED) is 0.903. The van der Waals surface area contributed by atoms with Gasteiger partial charge in [0.15, 0.2) is 0 Å². The zero-order valence-electron chi connectivity index (χ0n) is 10.6. The lowest BCUT2D eigenvalue weighted by atomic mass is 9.91. The van der Waals surface area contributed by atoms with E-state index < -0.39 is 11.9 Å².